The van der Waals surface area contributed by atoms with Crippen LogP contribution in [0.25, 0.3) is 0 Å². The predicted molar refractivity (Wildman–Crippen MR) is 96.7 cm³/mol. The number of para-hydroxylation sites is 1. The van der Waals surface area contributed by atoms with Crippen LogP contribution in [0.2, 0.25) is 0 Å². The molecule has 1 saturated heterocycles. The van der Waals surface area contributed by atoms with Gasteiger partial charge in [0.1, 0.15) is 0 Å². The molecule has 0 bridgehead atoms. The van der Waals surface area contributed by atoms with Gasteiger partial charge in [-0.2, -0.15) is 0 Å². The molecule has 2 fully saturated rings. The van der Waals surface area contributed by atoms with Gasteiger partial charge in [-0.15, -0.1) is 0 Å². The Kier molecular flexibility index (Phi) is 5.75. The van der Waals surface area contributed by atoms with Gasteiger partial charge in [0.15, 0.2) is 0 Å². The van der Waals surface area contributed by atoms with Crippen molar-refractivity contribution >= 4 is 23.6 Å². The van der Waals surface area contributed by atoms with E-state index in [1.54, 1.807) is 4.90 Å². The van der Waals surface area contributed by atoms with E-state index in [-0.39, 0.29) is 23.9 Å². The lowest BCUT2D eigenvalue weighted by Gasteiger charge is -2.33. The van der Waals surface area contributed by atoms with Gasteiger partial charge in [-0.3, -0.25) is 9.59 Å². The van der Waals surface area contributed by atoms with Gasteiger partial charge in [-0.25, -0.2) is 4.79 Å². The number of amides is 3. The molecule has 140 valence electrons. The van der Waals surface area contributed by atoms with Crippen LogP contribution in [0.1, 0.15) is 32.1 Å². The number of nitrogens with zero attached hydrogens (tertiary/aromatic N) is 1. The average molecular weight is 359 g/mol. The second-order valence-electron chi connectivity index (χ2n) is 7.07. The Morgan fingerprint density at radius 1 is 1.04 bits per heavy atom. The average Bonchev–Trinajstić information content (AvgIpc) is 3.11. The van der Waals surface area contributed by atoms with E-state index in [2.05, 4.69) is 10.6 Å². The summed E-state index contributed by atoms with van der Waals surface area (Å²) in [6.07, 6.45) is 3.60. The fourth-order valence-electron chi connectivity index (χ4n) is 3.83. The third-order valence-electron chi connectivity index (χ3n) is 5.27. The summed E-state index contributed by atoms with van der Waals surface area (Å²) >= 11 is 0. The normalized spacial score (nSPS) is 25.5. The number of carboxylic acid groups (broad SMARTS) is 1. The molecule has 3 amide bonds. The van der Waals surface area contributed by atoms with Crippen molar-refractivity contribution in [2.75, 3.05) is 18.4 Å². The molecule has 1 aliphatic carbocycles. The van der Waals surface area contributed by atoms with E-state index in [4.69, 9.17) is 0 Å². The van der Waals surface area contributed by atoms with E-state index in [1.807, 2.05) is 30.3 Å². The molecule has 26 heavy (non-hydrogen) atoms. The number of nitrogens with one attached hydrogen (secondary N) is 2. The highest BCUT2D eigenvalue weighted by Crippen LogP contribution is 2.27. The number of anilines is 1. The SMILES string of the molecule is O=C(N[C@H]1CCC[C@H]1C(=O)O)C1CCCN(C(=O)Nc2ccccc2)C1. The minimum atomic E-state index is -0.847. The summed E-state index contributed by atoms with van der Waals surface area (Å²) in [7, 11) is 0. The number of urea groups is 1. The van der Waals surface area contributed by atoms with Crippen LogP contribution in [0, 0.1) is 11.8 Å². The van der Waals surface area contributed by atoms with Crippen LogP contribution in [0.4, 0.5) is 10.5 Å². The summed E-state index contributed by atoms with van der Waals surface area (Å²) in [6, 6.07) is 8.71. The number of benzene rings is 1. The number of aliphatic carboxylic acids is 1. The van der Waals surface area contributed by atoms with E-state index in [0.717, 1.165) is 18.5 Å². The maximum absolute atomic E-state index is 12.6. The fourth-order valence-corrected chi connectivity index (χ4v) is 3.83. The number of likely N-dealkylation sites (tertiary alicyclic amines) is 1. The number of rotatable bonds is 4. The molecule has 2 aliphatic rings. The highest BCUT2D eigenvalue weighted by molar-refractivity contribution is 5.90. The second-order valence-corrected chi connectivity index (χ2v) is 7.07. The summed E-state index contributed by atoms with van der Waals surface area (Å²) in [4.78, 5) is 37.9. The maximum Gasteiger partial charge on any atom is 0.321 e. The zero-order chi connectivity index (χ0) is 18.5. The monoisotopic (exact) mass is 359 g/mol. The van der Waals surface area contributed by atoms with E-state index < -0.39 is 11.9 Å². The molecule has 1 aromatic rings. The molecule has 1 heterocycles. The Morgan fingerprint density at radius 2 is 1.81 bits per heavy atom. The van der Waals surface area contributed by atoms with E-state index in [1.165, 1.54) is 0 Å². The predicted octanol–water partition coefficient (Wildman–Crippen LogP) is 2.30. The Hall–Kier alpha value is -2.57. The minimum absolute atomic E-state index is 0.139. The molecule has 7 nitrogen and oxygen atoms in total. The largest absolute Gasteiger partial charge is 0.481 e. The molecule has 1 aromatic carbocycles. The zero-order valence-corrected chi connectivity index (χ0v) is 14.7. The smallest absolute Gasteiger partial charge is 0.321 e. The summed E-state index contributed by atoms with van der Waals surface area (Å²) < 4.78 is 0. The summed E-state index contributed by atoms with van der Waals surface area (Å²) in [6.45, 7) is 0.971. The van der Waals surface area contributed by atoms with Crippen LogP contribution in [-0.4, -0.2) is 47.0 Å². The summed E-state index contributed by atoms with van der Waals surface area (Å²) in [5, 5.41) is 15.0. The van der Waals surface area contributed by atoms with Gasteiger partial charge in [-0.05, 0) is 37.8 Å². The third kappa shape index (κ3) is 4.33. The van der Waals surface area contributed by atoms with Gasteiger partial charge in [0.05, 0.1) is 11.8 Å². The van der Waals surface area contributed by atoms with Crippen LogP contribution in [-0.2, 0) is 9.59 Å². The summed E-state index contributed by atoms with van der Waals surface area (Å²) in [5.74, 6) is -1.78. The van der Waals surface area contributed by atoms with Crippen molar-refractivity contribution < 1.29 is 19.5 Å². The molecule has 1 saturated carbocycles. The zero-order valence-electron chi connectivity index (χ0n) is 14.7. The van der Waals surface area contributed by atoms with E-state index in [0.29, 0.717) is 32.4 Å². The first-order valence-electron chi connectivity index (χ1n) is 9.19. The molecule has 0 spiro atoms. The molecule has 0 aromatic heterocycles. The molecule has 1 unspecified atom stereocenters. The topological polar surface area (TPSA) is 98.7 Å². The van der Waals surface area contributed by atoms with Gasteiger partial charge >= 0.3 is 12.0 Å². The van der Waals surface area contributed by atoms with Crippen LogP contribution in [0.3, 0.4) is 0 Å². The Morgan fingerprint density at radius 3 is 2.54 bits per heavy atom. The van der Waals surface area contributed by atoms with Crippen LogP contribution in [0.5, 0.6) is 0 Å². The Balaban J connectivity index is 1.55. The number of carboxylic acids is 1. The quantitative estimate of drug-likeness (QED) is 0.768. The number of hydrogen-bond donors (Lipinski definition) is 3. The number of hydrogen-bond acceptors (Lipinski definition) is 3. The Labute approximate surface area is 152 Å². The molecule has 3 atom stereocenters. The number of piperidine rings is 1. The summed E-state index contributed by atoms with van der Waals surface area (Å²) in [5.41, 5.74) is 0.722. The Bertz CT molecular complexity index is 664. The lowest BCUT2D eigenvalue weighted by atomic mass is 9.96. The van der Waals surface area contributed by atoms with Gasteiger partial charge in [0.2, 0.25) is 5.91 Å². The van der Waals surface area contributed by atoms with E-state index >= 15 is 0 Å². The lowest BCUT2D eigenvalue weighted by molar-refractivity contribution is -0.142. The van der Waals surface area contributed by atoms with Gasteiger partial charge in [0, 0.05) is 24.8 Å². The molecule has 3 N–H and O–H groups in total. The molecule has 7 heteroatoms. The second kappa shape index (κ2) is 8.21. The van der Waals surface area contributed by atoms with Crippen molar-refractivity contribution in [1.82, 2.24) is 10.2 Å². The van der Waals surface area contributed by atoms with Crippen molar-refractivity contribution in [3.8, 4) is 0 Å². The van der Waals surface area contributed by atoms with E-state index in [9.17, 15) is 19.5 Å². The molecule has 1 aliphatic heterocycles. The molecule has 3 rings (SSSR count). The third-order valence-corrected chi connectivity index (χ3v) is 5.27. The highest BCUT2D eigenvalue weighted by atomic mass is 16.4. The van der Waals surface area contributed by atoms with Gasteiger partial charge in [-0.1, -0.05) is 24.6 Å². The molecular weight excluding hydrogens is 334 g/mol. The van der Waals surface area contributed by atoms with Gasteiger partial charge in [0.25, 0.3) is 0 Å². The maximum atomic E-state index is 12.6. The van der Waals surface area contributed by atoms with Crippen LogP contribution in [0.15, 0.2) is 30.3 Å². The van der Waals surface area contributed by atoms with Crippen molar-refractivity contribution in [3.05, 3.63) is 30.3 Å². The standard InChI is InChI=1S/C19H25N3O4/c23-17(21-16-10-4-9-15(16)18(24)25)13-6-5-11-22(12-13)19(26)20-14-7-2-1-3-8-14/h1-3,7-8,13,15-16H,4-6,9-12H2,(H,20,26)(H,21,23)(H,24,25)/t13?,15-,16+/m1/s1. The fraction of sp³-hybridized carbons (Fsp3) is 0.526. The molecular formula is C19H25N3O4. The first kappa shape index (κ1) is 18.2. The first-order valence-corrected chi connectivity index (χ1v) is 9.19. The van der Waals surface area contributed by atoms with Crippen molar-refractivity contribution in [1.29, 1.82) is 0 Å². The minimum Gasteiger partial charge on any atom is -0.481 e. The van der Waals surface area contributed by atoms with Crippen molar-refractivity contribution in [2.24, 2.45) is 11.8 Å². The van der Waals surface area contributed by atoms with Crippen LogP contribution < -0.4 is 10.6 Å². The van der Waals surface area contributed by atoms with Crippen molar-refractivity contribution in [3.63, 3.8) is 0 Å². The highest BCUT2D eigenvalue weighted by Gasteiger charge is 2.36. The number of carbonyl (C=O) groups is 3. The van der Waals surface area contributed by atoms with Crippen molar-refractivity contribution in [2.45, 2.75) is 38.1 Å². The molecule has 0 radical (unpaired) electrons. The first-order chi connectivity index (χ1) is 12.5. The lowest BCUT2D eigenvalue weighted by Crippen LogP contribution is -2.49. The van der Waals surface area contributed by atoms with Crippen LogP contribution >= 0.6 is 0 Å². The van der Waals surface area contributed by atoms with Gasteiger partial charge < -0.3 is 20.6 Å². The number of carbonyl (C=O) groups excluding carboxylic acids is 2.